The highest BCUT2D eigenvalue weighted by atomic mass is 32.1. The summed E-state index contributed by atoms with van der Waals surface area (Å²) in [5.41, 5.74) is 2.23. The summed E-state index contributed by atoms with van der Waals surface area (Å²) in [6.45, 7) is 0. The first-order valence-corrected chi connectivity index (χ1v) is 7.49. The van der Waals surface area contributed by atoms with Crippen LogP contribution in [0.4, 0.5) is 9.52 Å². The van der Waals surface area contributed by atoms with Crippen LogP contribution in [-0.2, 0) is 0 Å². The lowest BCUT2D eigenvalue weighted by Gasteiger charge is -2.01. The largest absolute Gasteiger partial charge is 0.358 e. The minimum Gasteiger partial charge on any atom is -0.358 e. The topological polar surface area (TPSA) is 24.9 Å². The van der Waals surface area contributed by atoms with Crippen molar-refractivity contribution in [1.29, 1.82) is 0 Å². The Morgan fingerprint density at radius 1 is 1.15 bits per heavy atom. The molecule has 1 fully saturated rings. The van der Waals surface area contributed by atoms with E-state index in [-0.39, 0.29) is 5.82 Å². The Morgan fingerprint density at radius 3 is 2.85 bits per heavy atom. The van der Waals surface area contributed by atoms with Crippen LogP contribution in [0.25, 0.3) is 10.2 Å². The van der Waals surface area contributed by atoms with Crippen LogP contribution < -0.4 is 5.32 Å². The van der Waals surface area contributed by atoms with Crippen LogP contribution in [0.2, 0.25) is 0 Å². The molecule has 2 nitrogen and oxygen atoms in total. The zero-order valence-corrected chi connectivity index (χ0v) is 11.5. The summed E-state index contributed by atoms with van der Waals surface area (Å²) in [6.07, 6.45) is 1.13. The van der Waals surface area contributed by atoms with Crippen LogP contribution in [0.1, 0.15) is 17.9 Å². The van der Waals surface area contributed by atoms with Gasteiger partial charge in [0.05, 0.1) is 10.2 Å². The Morgan fingerprint density at radius 2 is 2.00 bits per heavy atom. The lowest BCUT2D eigenvalue weighted by molar-refractivity contribution is 0.630. The van der Waals surface area contributed by atoms with E-state index in [0.717, 1.165) is 21.8 Å². The molecule has 0 saturated heterocycles. The third-order valence-corrected chi connectivity index (χ3v) is 4.63. The van der Waals surface area contributed by atoms with Gasteiger partial charge in [0.1, 0.15) is 5.82 Å². The Bertz CT molecular complexity index is 754. The molecular formula is C16H13FN2S. The SMILES string of the molecule is Fc1ccc2nc(NC3CC3c3ccccc3)sc2c1. The van der Waals surface area contributed by atoms with E-state index in [0.29, 0.717) is 12.0 Å². The molecular weight excluding hydrogens is 271 g/mol. The minimum atomic E-state index is -0.207. The molecule has 1 N–H and O–H groups in total. The van der Waals surface area contributed by atoms with Crippen LogP contribution in [0.15, 0.2) is 48.5 Å². The van der Waals surface area contributed by atoms with Gasteiger partial charge in [0.25, 0.3) is 0 Å². The van der Waals surface area contributed by atoms with E-state index in [1.807, 2.05) is 6.07 Å². The van der Waals surface area contributed by atoms with E-state index in [4.69, 9.17) is 0 Å². The standard InChI is InChI=1S/C16H13FN2S/c17-11-6-7-13-15(8-11)20-16(18-13)19-14-9-12(14)10-4-2-1-3-5-10/h1-8,12,14H,9H2,(H,18,19). The Hall–Kier alpha value is -1.94. The van der Waals surface area contributed by atoms with Gasteiger partial charge in [-0.15, -0.1) is 0 Å². The number of halogens is 1. The molecule has 3 aromatic rings. The highest BCUT2D eigenvalue weighted by molar-refractivity contribution is 7.22. The maximum absolute atomic E-state index is 13.2. The van der Waals surface area contributed by atoms with Crippen LogP contribution in [0.5, 0.6) is 0 Å². The van der Waals surface area contributed by atoms with Gasteiger partial charge in [-0.05, 0) is 30.2 Å². The molecule has 0 radical (unpaired) electrons. The summed E-state index contributed by atoms with van der Waals surface area (Å²) in [5, 5.41) is 4.34. The van der Waals surface area contributed by atoms with Crippen molar-refractivity contribution >= 4 is 26.7 Å². The van der Waals surface area contributed by atoms with Crippen molar-refractivity contribution in [3.8, 4) is 0 Å². The number of thiazole rings is 1. The average Bonchev–Trinajstić information content (AvgIpc) is 3.10. The van der Waals surface area contributed by atoms with Crippen LogP contribution in [0, 0.1) is 5.82 Å². The zero-order valence-electron chi connectivity index (χ0n) is 10.7. The van der Waals surface area contributed by atoms with E-state index >= 15 is 0 Å². The monoisotopic (exact) mass is 284 g/mol. The fourth-order valence-electron chi connectivity index (χ4n) is 2.54. The predicted octanol–water partition coefficient (Wildman–Crippen LogP) is 4.40. The second kappa shape index (κ2) is 4.56. The van der Waals surface area contributed by atoms with E-state index in [1.54, 1.807) is 12.1 Å². The van der Waals surface area contributed by atoms with Crippen molar-refractivity contribution in [3.05, 3.63) is 59.9 Å². The molecule has 1 heterocycles. The number of fused-ring (bicyclic) bond motifs is 1. The highest BCUT2D eigenvalue weighted by Gasteiger charge is 2.38. The van der Waals surface area contributed by atoms with E-state index < -0.39 is 0 Å². The molecule has 0 bridgehead atoms. The molecule has 1 aliphatic rings. The number of anilines is 1. The number of rotatable bonds is 3. The Kier molecular flexibility index (Phi) is 2.70. The van der Waals surface area contributed by atoms with Gasteiger partial charge in [0.15, 0.2) is 5.13 Å². The van der Waals surface area contributed by atoms with Crippen molar-refractivity contribution in [3.63, 3.8) is 0 Å². The van der Waals surface area contributed by atoms with Crippen molar-refractivity contribution in [2.45, 2.75) is 18.4 Å². The normalized spacial score (nSPS) is 21.1. The quantitative estimate of drug-likeness (QED) is 0.771. The number of nitrogens with one attached hydrogen (secondary N) is 1. The van der Waals surface area contributed by atoms with Gasteiger partial charge in [0.2, 0.25) is 0 Å². The Labute approximate surface area is 120 Å². The van der Waals surface area contributed by atoms with Crippen molar-refractivity contribution in [2.24, 2.45) is 0 Å². The smallest absolute Gasteiger partial charge is 0.184 e. The van der Waals surface area contributed by atoms with Crippen molar-refractivity contribution < 1.29 is 4.39 Å². The molecule has 1 aliphatic carbocycles. The fraction of sp³-hybridized carbons (Fsp3) is 0.188. The van der Waals surface area contributed by atoms with Gasteiger partial charge in [0, 0.05) is 12.0 Å². The Balaban J connectivity index is 1.52. The number of aromatic nitrogens is 1. The minimum absolute atomic E-state index is 0.207. The molecule has 20 heavy (non-hydrogen) atoms. The molecule has 1 saturated carbocycles. The summed E-state index contributed by atoms with van der Waals surface area (Å²) in [4.78, 5) is 4.50. The second-order valence-electron chi connectivity index (χ2n) is 5.13. The van der Waals surface area contributed by atoms with Crippen LogP contribution in [-0.4, -0.2) is 11.0 Å². The molecule has 1 aromatic heterocycles. The predicted molar refractivity (Wildman–Crippen MR) is 80.8 cm³/mol. The first-order chi connectivity index (χ1) is 9.79. The van der Waals surface area contributed by atoms with Gasteiger partial charge >= 0.3 is 0 Å². The number of nitrogens with zero attached hydrogens (tertiary/aromatic N) is 1. The third kappa shape index (κ3) is 2.16. The van der Waals surface area contributed by atoms with Gasteiger partial charge in [-0.3, -0.25) is 0 Å². The second-order valence-corrected chi connectivity index (χ2v) is 6.17. The number of hydrogen-bond acceptors (Lipinski definition) is 3. The summed E-state index contributed by atoms with van der Waals surface area (Å²) in [7, 11) is 0. The first-order valence-electron chi connectivity index (χ1n) is 6.67. The molecule has 0 aliphatic heterocycles. The van der Waals surface area contributed by atoms with Crippen molar-refractivity contribution in [1.82, 2.24) is 4.98 Å². The van der Waals surface area contributed by atoms with Gasteiger partial charge in [-0.25, -0.2) is 9.37 Å². The van der Waals surface area contributed by atoms with Gasteiger partial charge in [-0.2, -0.15) is 0 Å². The van der Waals surface area contributed by atoms with E-state index in [1.165, 1.54) is 23.0 Å². The molecule has 2 unspecified atom stereocenters. The van der Waals surface area contributed by atoms with Crippen LogP contribution in [0.3, 0.4) is 0 Å². The maximum atomic E-state index is 13.2. The van der Waals surface area contributed by atoms with E-state index in [2.05, 4.69) is 34.6 Å². The molecule has 0 spiro atoms. The zero-order chi connectivity index (χ0) is 13.5. The number of benzene rings is 2. The lowest BCUT2D eigenvalue weighted by Crippen LogP contribution is -2.03. The lowest BCUT2D eigenvalue weighted by atomic mass is 10.1. The molecule has 2 aromatic carbocycles. The van der Waals surface area contributed by atoms with Crippen molar-refractivity contribution in [2.75, 3.05) is 5.32 Å². The van der Waals surface area contributed by atoms with Gasteiger partial charge in [-0.1, -0.05) is 41.7 Å². The molecule has 0 amide bonds. The van der Waals surface area contributed by atoms with Crippen LogP contribution >= 0.6 is 11.3 Å². The molecule has 4 heteroatoms. The molecule has 2 atom stereocenters. The average molecular weight is 284 g/mol. The first kappa shape index (κ1) is 11.9. The third-order valence-electron chi connectivity index (χ3n) is 3.68. The maximum Gasteiger partial charge on any atom is 0.184 e. The van der Waals surface area contributed by atoms with Gasteiger partial charge < -0.3 is 5.32 Å². The summed E-state index contributed by atoms with van der Waals surface area (Å²) in [5.74, 6) is 0.362. The highest BCUT2D eigenvalue weighted by Crippen LogP contribution is 2.43. The summed E-state index contributed by atoms with van der Waals surface area (Å²) in [6, 6.07) is 15.7. The summed E-state index contributed by atoms with van der Waals surface area (Å²) < 4.78 is 14.1. The summed E-state index contributed by atoms with van der Waals surface area (Å²) >= 11 is 1.51. The fourth-order valence-corrected chi connectivity index (χ4v) is 3.49. The molecule has 100 valence electrons. The van der Waals surface area contributed by atoms with E-state index in [9.17, 15) is 4.39 Å². The number of hydrogen-bond donors (Lipinski definition) is 1. The molecule has 4 rings (SSSR count).